The standard InChI is InChI=1S/C25H29F3N4O2/c1-4-6-15-33-19-13-11-18(12-14-19)30-24-29-16-20(25(26,27)28)23(32-24)31-21-9-7-8-10-22(21)34-17(3)5-2/h7-14,16-17H,4-6,15H2,1-3H3,(H2,29,30,31,32). The Kier molecular flexibility index (Phi) is 8.56. The van der Waals surface area contributed by atoms with Crippen LogP contribution in [0.2, 0.25) is 0 Å². The maximum absolute atomic E-state index is 13.7. The van der Waals surface area contributed by atoms with Crippen LogP contribution in [0.5, 0.6) is 11.5 Å². The number of nitrogens with one attached hydrogen (secondary N) is 2. The lowest BCUT2D eigenvalue weighted by molar-refractivity contribution is -0.137. The molecule has 0 bridgehead atoms. The van der Waals surface area contributed by atoms with Crippen LogP contribution in [0.4, 0.5) is 36.3 Å². The van der Waals surface area contributed by atoms with Gasteiger partial charge in [-0.3, -0.25) is 0 Å². The van der Waals surface area contributed by atoms with E-state index in [-0.39, 0.29) is 17.9 Å². The van der Waals surface area contributed by atoms with Crippen LogP contribution in [0.15, 0.2) is 54.7 Å². The topological polar surface area (TPSA) is 68.3 Å². The van der Waals surface area contributed by atoms with E-state index in [0.717, 1.165) is 25.5 Å². The van der Waals surface area contributed by atoms with Gasteiger partial charge in [0.1, 0.15) is 22.9 Å². The Labute approximate surface area is 197 Å². The van der Waals surface area contributed by atoms with Crippen molar-refractivity contribution in [3.8, 4) is 11.5 Å². The van der Waals surface area contributed by atoms with E-state index in [2.05, 4.69) is 27.5 Å². The molecule has 1 atom stereocenters. The minimum atomic E-state index is -4.63. The van der Waals surface area contributed by atoms with Crippen LogP contribution < -0.4 is 20.1 Å². The SMILES string of the molecule is CCCCOc1ccc(Nc2ncc(C(F)(F)F)c(Nc3ccccc3OC(C)CC)n2)cc1. The first-order valence-electron chi connectivity index (χ1n) is 11.3. The zero-order valence-corrected chi connectivity index (χ0v) is 19.4. The Bertz CT molecular complexity index is 1060. The minimum Gasteiger partial charge on any atom is -0.494 e. The van der Waals surface area contributed by atoms with Gasteiger partial charge in [0.25, 0.3) is 0 Å². The molecule has 9 heteroatoms. The molecule has 6 nitrogen and oxygen atoms in total. The van der Waals surface area contributed by atoms with E-state index >= 15 is 0 Å². The number of aromatic nitrogens is 2. The molecule has 1 aromatic heterocycles. The highest BCUT2D eigenvalue weighted by molar-refractivity contribution is 5.67. The molecule has 1 heterocycles. The molecule has 0 spiro atoms. The Morgan fingerprint density at radius 1 is 1.00 bits per heavy atom. The second-order valence-corrected chi connectivity index (χ2v) is 7.76. The molecule has 2 N–H and O–H groups in total. The maximum atomic E-state index is 13.7. The molecule has 0 aliphatic heterocycles. The zero-order valence-electron chi connectivity index (χ0n) is 19.4. The lowest BCUT2D eigenvalue weighted by atomic mass is 10.2. The number of hydrogen-bond acceptors (Lipinski definition) is 6. The van der Waals surface area contributed by atoms with Gasteiger partial charge in [-0.15, -0.1) is 0 Å². The fourth-order valence-corrected chi connectivity index (χ4v) is 2.94. The summed E-state index contributed by atoms with van der Waals surface area (Å²) in [5.74, 6) is 0.810. The van der Waals surface area contributed by atoms with E-state index in [1.54, 1.807) is 48.5 Å². The van der Waals surface area contributed by atoms with E-state index in [9.17, 15) is 13.2 Å². The lowest BCUT2D eigenvalue weighted by Crippen LogP contribution is -2.14. The van der Waals surface area contributed by atoms with E-state index in [1.807, 2.05) is 13.8 Å². The molecule has 0 radical (unpaired) electrons. The Morgan fingerprint density at radius 3 is 2.41 bits per heavy atom. The molecule has 0 amide bonds. The van der Waals surface area contributed by atoms with Gasteiger partial charge in [0.15, 0.2) is 0 Å². The van der Waals surface area contributed by atoms with Gasteiger partial charge in [-0.2, -0.15) is 18.2 Å². The fraction of sp³-hybridized carbons (Fsp3) is 0.360. The van der Waals surface area contributed by atoms with Crippen LogP contribution in [0, 0.1) is 0 Å². The molecule has 3 aromatic rings. The van der Waals surface area contributed by atoms with Gasteiger partial charge >= 0.3 is 6.18 Å². The summed E-state index contributed by atoms with van der Waals surface area (Å²) in [6.45, 7) is 6.57. The molecule has 0 aliphatic carbocycles. The molecular formula is C25H29F3N4O2. The third-order valence-corrected chi connectivity index (χ3v) is 5.01. The number of ether oxygens (including phenoxy) is 2. The van der Waals surface area contributed by atoms with Crippen molar-refractivity contribution in [2.45, 2.75) is 52.3 Å². The maximum Gasteiger partial charge on any atom is 0.421 e. The number of hydrogen-bond donors (Lipinski definition) is 2. The van der Waals surface area contributed by atoms with Crippen molar-refractivity contribution < 1.29 is 22.6 Å². The van der Waals surface area contributed by atoms with Crippen LogP contribution in [0.3, 0.4) is 0 Å². The first-order chi connectivity index (χ1) is 16.3. The smallest absolute Gasteiger partial charge is 0.421 e. The average Bonchev–Trinajstić information content (AvgIpc) is 2.81. The van der Waals surface area contributed by atoms with Crippen molar-refractivity contribution in [3.05, 3.63) is 60.3 Å². The van der Waals surface area contributed by atoms with Gasteiger partial charge in [-0.25, -0.2) is 4.98 Å². The van der Waals surface area contributed by atoms with E-state index < -0.39 is 11.7 Å². The van der Waals surface area contributed by atoms with Gasteiger partial charge in [-0.05, 0) is 56.2 Å². The van der Waals surface area contributed by atoms with E-state index in [4.69, 9.17) is 9.47 Å². The Hall–Kier alpha value is -3.49. The van der Waals surface area contributed by atoms with Crippen LogP contribution >= 0.6 is 0 Å². The molecule has 2 aromatic carbocycles. The number of halogens is 3. The highest BCUT2D eigenvalue weighted by atomic mass is 19.4. The van der Waals surface area contributed by atoms with Crippen LogP contribution in [-0.4, -0.2) is 22.7 Å². The summed E-state index contributed by atoms with van der Waals surface area (Å²) in [4.78, 5) is 7.98. The number of unbranched alkanes of at least 4 members (excludes halogenated alkanes) is 1. The molecule has 3 rings (SSSR count). The summed E-state index contributed by atoms with van der Waals surface area (Å²) in [6, 6.07) is 13.9. The largest absolute Gasteiger partial charge is 0.494 e. The first kappa shape index (κ1) is 25.1. The number of rotatable bonds is 11. The summed E-state index contributed by atoms with van der Waals surface area (Å²) in [5, 5.41) is 5.73. The molecule has 0 fully saturated rings. The van der Waals surface area contributed by atoms with Crippen molar-refractivity contribution >= 4 is 23.1 Å². The number of benzene rings is 2. The lowest BCUT2D eigenvalue weighted by Gasteiger charge is -2.19. The fourth-order valence-electron chi connectivity index (χ4n) is 2.94. The molecule has 1 unspecified atom stereocenters. The number of anilines is 4. The number of alkyl halides is 3. The normalized spacial score (nSPS) is 12.2. The second-order valence-electron chi connectivity index (χ2n) is 7.76. The van der Waals surface area contributed by atoms with Gasteiger partial charge in [0, 0.05) is 11.9 Å². The molecule has 0 saturated carbocycles. The monoisotopic (exact) mass is 474 g/mol. The molecule has 34 heavy (non-hydrogen) atoms. The van der Waals surface area contributed by atoms with Gasteiger partial charge in [0.2, 0.25) is 5.95 Å². The van der Waals surface area contributed by atoms with Crippen molar-refractivity contribution in [3.63, 3.8) is 0 Å². The van der Waals surface area contributed by atoms with Crippen molar-refractivity contribution in [1.82, 2.24) is 9.97 Å². The van der Waals surface area contributed by atoms with Crippen LogP contribution in [-0.2, 0) is 6.18 Å². The van der Waals surface area contributed by atoms with Crippen molar-refractivity contribution in [1.29, 1.82) is 0 Å². The minimum absolute atomic E-state index is 0.0236. The molecule has 182 valence electrons. The summed E-state index contributed by atoms with van der Waals surface area (Å²) in [6.07, 6.45) is -1.22. The summed E-state index contributed by atoms with van der Waals surface area (Å²) < 4.78 is 52.5. The summed E-state index contributed by atoms with van der Waals surface area (Å²) in [7, 11) is 0. The number of para-hydroxylation sites is 2. The third kappa shape index (κ3) is 7.00. The molecule has 0 aliphatic rings. The van der Waals surface area contributed by atoms with Gasteiger partial charge < -0.3 is 20.1 Å². The van der Waals surface area contributed by atoms with Crippen LogP contribution in [0.1, 0.15) is 45.6 Å². The van der Waals surface area contributed by atoms with Crippen molar-refractivity contribution in [2.75, 3.05) is 17.2 Å². The molecule has 0 saturated heterocycles. The van der Waals surface area contributed by atoms with Gasteiger partial charge in [0.05, 0.1) is 18.4 Å². The number of nitrogens with zero attached hydrogens (tertiary/aromatic N) is 2. The third-order valence-electron chi connectivity index (χ3n) is 5.01. The summed E-state index contributed by atoms with van der Waals surface area (Å²) >= 11 is 0. The first-order valence-corrected chi connectivity index (χ1v) is 11.3. The van der Waals surface area contributed by atoms with Crippen LogP contribution in [0.25, 0.3) is 0 Å². The zero-order chi connectivity index (χ0) is 24.6. The highest BCUT2D eigenvalue weighted by Gasteiger charge is 2.35. The highest BCUT2D eigenvalue weighted by Crippen LogP contribution is 2.37. The quantitative estimate of drug-likeness (QED) is 0.283. The predicted octanol–water partition coefficient (Wildman–Crippen LogP) is 7.34. The average molecular weight is 475 g/mol. The summed E-state index contributed by atoms with van der Waals surface area (Å²) in [5.41, 5.74) is 0.0247. The van der Waals surface area contributed by atoms with Crippen molar-refractivity contribution in [2.24, 2.45) is 0 Å². The van der Waals surface area contributed by atoms with E-state index in [1.165, 1.54) is 0 Å². The Morgan fingerprint density at radius 2 is 1.74 bits per heavy atom. The van der Waals surface area contributed by atoms with Gasteiger partial charge in [-0.1, -0.05) is 32.4 Å². The van der Waals surface area contributed by atoms with E-state index in [0.29, 0.717) is 29.5 Å². The second kappa shape index (κ2) is 11.6. The Balaban J connectivity index is 1.84. The predicted molar refractivity (Wildman–Crippen MR) is 127 cm³/mol. The molecular weight excluding hydrogens is 445 g/mol.